The van der Waals surface area contributed by atoms with Crippen LogP contribution >= 0.6 is 0 Å². The molecular formula is C20H21F3N2O. The van der Waals surface area contributed by atoms with Crippen LogP contribution in [-0.4, -0.2) is 23.9 Å². The molecule has 2 saturated carbocycles. The summed E-state index contributed by atoms with van der Waals surface area (Å²) in [6.45, 7) is 2.85. The standard InChI is InChI=1S/C20H21F3N2O/c1-12(14-7-8-14)25(10-13-5-6-13)19-16(11-26)9-15-3-2-4-17(18(15)24-19)20(21,22)23/h2-4,9,11-14H,5-8,10H2,1H3. The van der Waals surface area contributed by atoms with Crippen LogP contribution in [0.25, 0.3) is 10.9 Å². The number of hydrogen-bond donors (Lipinski definition) is 0. The van der Waals surface area contributed by atoms with Gasteiger partial charge in [0.2, 0.25) is 0 Å². The van der Waals surface area contributed by atoms with Crippen LogP contribution in [0.4, 0.5) is 19.0 Å². The molecule has 3 nitrogen and oxygen atoms in total. The van der Waals surface area contributed by atoms with Crippen molar-refractivity contribution >= 4 is 23.0 Å². The molecule has 1 aromatic heterocycles. The van der Waals surface area contributed by atoms with Crippen LogP contribution in [0.5, 0.6) is 0 Å². The van der Waals surface area contributed by atoms with Gasteiger partial charge in [-0.2, -0.15) is 13.2 Å². The number of halogens is 3. The summed E-state index contributed by atoms with van der Waals surface area (Å²) in [4.78, 5) is 18.2. The lowest BCUT2D eigenvalue weighted by atomic mass is 10.1. The molecule has 0 amide bonds. The van der Waals surface area contributed by atoms with E-state index in [4.69, 9.17) is 0 Å². The predicted molar refractivity (Wildman–Crippen MR) is 94.4 cm³/mol. The molecule has 6 heteroatoms. The maximum atomic E-state index is 13.4. The second kappa shape index (κ2) is 6.25. The molecule has 0 spiro atoms. The van der Waals surface area contributed by atoms with Crippen molar-refractivity contribution < 1.29 is 18.0 Å². The van der Waals surface area contributed by atoms with E-state index in [0.29, 0.717) is 34.9 Å². The highest BCUT2D eigenvalue weighted by Gasteiger charge is 2.37. The monoisotopic (exact) mass is 362 g/mol. The zero-order valence-corrected chi connectivity index (χ0v) is 14.6. The number of aromatic nitrogens is 1. The number of carbonyl (C=O) groups is 1. The molecule has 2 aromatic rings. The summed E-state index contributed by atoms with van der Waals surface area (Å²) in [7, 11) is 0. The molecule has 1 aromatic carbocycles. The normalized spacial score (nSPS) is 18.8. The second-order valence-electron chi connectivity index (χ2n) is 7.57. The van der Waals surface area contributed by atoms with Crippen LogP contribution in [0.15, 0.2) is 24.3 Å². The summed E-state index contributed by atoms with van der Waals surface area (Å²) < 4.78 is 40.3. The van der Waals surface area contributed by atoms with Crippen LogP contribution in [0.3, 0.4) is 0 Å². The molecule has 26 heavy (non-hydrogen) atoms. The number of hydrogen-bond acceptors (Lipinski definition) is 3. The third kappa shape index (κ3) is 3.29. The first-order valence-electron chi connectivity index (χ1n) is 9.11. The molecule has 0 bridgehead atoms. The number of fused-ring (bicyclic) bond motifs is 1. The molecule has 2 aliphatic carbocycles. The lowest BCUT2D eigenvalue weighted by molar-refractivity contribution is -0.136. The quantitative estimate of drug-likeness (QED) is 0.672. The lowest BCUT2D eigenvalue weighted by Gasteiger charge is -2.32. The van der Waals surface area contributed by atoms with E-state index in [-0.39, 0.29) is 11.6 Å². The fourth-order valence-corrected chi connectivity index (χ4v) is 3.61. The summed E-state index contributed by atoms with van der Waals surface area (Å²) in [5.41, 5.74) is -0.464. The third-order valence-electron chi connectivity index (χ3n) is 5.51. The number of benzene rings is 1. The first-order chi connectivity index (χ1) is 12.4. The van der Waals surface area contributed by atoms with Gasteiger partial charge in [0.05, 0.1) is 16.6 Å². The van der Waals surface area contributed by atoms with Crippen LogP contribution < -0.4 is 4.90 Å². The smallest absolute Gasteiger partial charge is 0.353 e. The Hall–Kier alpha value is -2.11. The van der Waals surface area contributed by atoms with Gasteiger partial charge < -0.3 is 4.90 Å². The first-order valence-corrected chi connectivity index (χ1v) is 9.11. The maximum Gasteiger partial charge on any atom is 0.418 e. The fourth-order valence-electron chi connectivity index (χ4n) is 3.61. The Bertz CT molecular complexity index is 841. The van der Waals surface area contributed by atoms with Gasteiger partial charge in [-0.15, -0.1) is 0 Å². The van der Waals surface area contributed by atoms with Crippen LogP contribution in [0, 0.1) is 11.8 Å². The average molecular weight is 362 g/mol. The van der Waals surface area contributed by atoms with E-state index >= 15 is 0 Å². The van der Waals surface area contributed by atoms with Gasteiger partial charge in [-0.1, -0.05) is 12.1 Å². The summed E-state index contributed by atoms with van der Waals surface area (Å²) >= 11 is 0. The minimum Gasteiger partial charge on any atom is -0.353 e. The van der Waals surface area contributed by atoms with Gasteiger partial charge in [-0.05, 0) is 56.6 Å². The number of carbonyl (C=O) groups excluding carboxylic acids is 1. The molecule has 1 unspecified atom stereocenters. The topological polar surface area (TPSA) is 33.2 Å². The molecule has 2 aliphatic rings. The van der Waals surface area contributed by atoms with E-state index < -0.39 is 11.7 Å². The highest BCUT2D eigenvalue weighted by atomic mass is 19.4. The molecule has 0 N–H and O–H groups in total. The molecule has 4 rings (SSSR count). The van der Waals surface area contributed by atoms with Gasteiger partial charge in [0.1, 0.15) is 5.82 Å². The van der Waals surface area contributed by atoms with Crippen molar-refractivity contribution in [1.82, 2.24) is 4.98 Å². The van der Waals surface area contributed by atoms with Crippen molar-refractivity contribution in [1.29, 1.82) is 0 Å². The largest absolute Gasteiger partial charge is 0.418 e. The molecule has 138 valence electrons. The average Bonchev–Trinajstić information content (AvgIpc) is 3.50. The molecule has 0 saturated heterocycles. The Kier molecular flexibility index (Phi) is 4.16. The van der Waals surface area contributed by atoms with Gasteiger partial charge in [0, 0.05) is 18.0 Å². The number of anilines is 1. The van der Waals surface area contributed by atoms with Crippen LogP contribution in [-0.2, 0) is 6.18 Å². The summed E-state index contributed by atoms with van der Waals surface area (Å²) in [5.74, 6) is 1.48. The Morgan fingerprint density at radius 3 is 2.58 bits per heavy atom. The van der Waals surface area contributed by atoms with E-state index in [1.54, 1.807) is 12.1 Å². The summed E-state index contributed by atoms with van der Waals surface area (Å²) in [6, 6.07) is 5.70. The number of para-hydroxylation sites is 1. The third-order valence-corrected chi connectivity index (χ3v) is 5.51. The van der Waals surface area contributed by atoms with E-state index in [1.807, 2.05) is 0 Å². The number of alkyl halides is 3. The van der Waals surface area contributed by atoms with Crippen LogP contribution in [0.2, 0.25) is 0 Å². The van der Waals surface area contributed by atoms with Gasteiger partial charge in [0.25, 0.3) is 0 Å². The molecule has 1 heterocycles. The second-order valence-corrected chi connectivity index (χ2v) is 7.57. The van der Waals surface area contributed by atoms with Crippen molar-refractivity contribution in [3.05, 3.63) is 35.4 Å². The molecule has 0 radical (unpaired) electrons. The minimum absolute atomic E-state index is 0.0793. The Labute approximate surface area is 150 Å². The minimum atomic E-state index is -4.48. The van der Waals surface area contributed by atoms with E-state index in [9.17, 15) is 18.0 Å². The van der Waals surface area contributed by atoms with Gasteiger partial charge in [-0.3, -0.25) is 4.79 Å². The maximum absolute atomic E-state index is 13.4. The highest BCUT2D eigenvalue weighted by Crippen LogP contribution is 2.41. The lowest BCUT2D eigenvalue weighted by Crippen LogP contribution is -2.37. The van der Waals surface area contributed by atoms with Crippen LogP contribution in [0.1, 0.15) is 48.5 Å². The Morgan fingerprint density at radius 1 is 1.27 bits per heavy atom. The number of aldehydes is 1. The van der Waals surface area contributed by atoms with E-state index in [1.165, 1.54) is 6.07 Å². The highest BCUT2D eigenvalue weighted by molar-refractivity contribution is 5.93. The van der Waals surface area contributed by atoms with Crippen molar-refractivity contribution in [2.24, 2.45) is 11.8 Å². The van der Waals surface area contributed by atoms with Crippen molar-refractivity contribution in [2.45, 2.75) is 44.8 Å². The first kappa shape index (κ1) is 17.3. The molecule has 1 atom stereocenters. The molecule has 0 aliphatic heterocycles. The predicted octanol–water partition coefficient (Wildman–Crippen LogP) is 5.08. The number of nitrogens with zero attached hydrogens (tertiary/aromatic N) is 2. The van der Waals surface area contributed by atoms with Crippen molar-refractivity contribution in [2.75, 3.05) is 11.4 Å². The number of pyridine rings is 1. The van der Waals surface area contributed by atoms with Gasteiger partial charge in [-0.25, -0.2) is 4.98 Å². The summed E-state index contributed by atoms with van der Waals surface area (Å²) in [6.07, 6.45) is 0.745. The Morgan fingerprint density at radius 2 is 2.00 bits per heavy atom. The molecule has 2 fully saturated rings. The SMILES string of the molecule is CC(C1CC1)N(CC1CC1)c1nc2c(C(F)(F)F)cccc2cc1C=O. The fraction of sp³-hybridized carbons (Fsp3) is 0.500. The zero-order chi connectivity index (χ0) is 18.5. The van der Waals surface area contributed by atoms with Crippen molar-refractivity contribution in [3.8, 4) is 0 Å². The zero-order valence-electron chi connectivity index (χ0n) is 14.6. The molecular weight excluding hydrogens is 341 g/mol. The van der Waals surface area contributed by atoms with Gasteiger partial charge in [0.15, 0.2) is 6.29 Å². The van der Waals surface area contributed by atoms with Crippen molar-refractivity contribution in [3.63, 3.8) is 0 Å². The summed E-state index contributed by atoms with van der Waals surface area (Å²) in [5, 5.41) is 0.344. The van der Waals surface area contributed by atoms with E-state index in [2.05, 4.69) is 16.8 Å². The number of rotatable bonds is 6. The Balaban J connectivity index is 1.86. The van der Waals surface area contributed by atoms with E-state index in [0.717, 1.165) is 38.3 Å². The van der Waals surface area contributed by atoms with Gasteiger partial charge >= 0.3 is 6.18 Å².